The normalized spacial score (nSPS) is 15.6. The molecule has 0 bridgehead atoms. The van der Waals surface area contributed by atoms with Crippen LogP contribution >= 0.6 is 0 Å². The molecule has 0 aliphatic carbocycles. The summed E-state index contributed by atoms with van der Waals surface area (Å²) >= 11 is 0. The van der Waals surface area contributed by atoms with Crippen molar-refractivity contribution in [3.8, 4) is 0 Å². The van der Waals surface area contributed by atoms with Crippen molar-refractivity contribution in [2.75, 3.05) is 17.7 Å². The van der Waals surface area contributed by atoms with Gasteiger partial charge in [0, 0.05) is 18.0 Å². The molecule has 3 rings (SSSR count). The lowest BCUT2D eigenvalue weighted by atomic mass is 9.89. The van der Waals surface area contributed by atoms with Crippen LogP contribution in [0.25, 0.3) is 0 Å². The molecule has 26 heavy (non-hydrogen) atoms. The lowest BCUT2D eigenvalue weighted by Crippen LogP contribution is -2.30. The minimum absolute atomic E-state index is 0.0635. The highest BCUT2D eigenvalue weighted by molar-refractivity contribution is 6.01. The van der Waals surface area contributed by atoms with E-state index in [9.17, 15) is 14.4 Å². The third-order valence-electron chi connectivity index (χ3n) is 4.44. The Morgan fingerprint density at radius 1 is 1.15 bits per heavy atom. The summed E-state index contributed by atoms with van der Waals surface area (Å²) in [6.45, 7) is 0. The van der Waals surface area contributed by atoms with E-state index in [1.54, 1.807) is 24.3 Å². The molecule has 0 saturated heterocycles. The van der Waals surface area contributed by atoms with E-state index in [-0.39, 0.29) is 24.2 Å². The molecule has 0 spiro atoms. The van der Waals surface area contributed by atoms with Crippen LogP contribution in [-0.2, 0) is 20.7 Å². The van der Waals surface area contributed by atoms with Crippen molar-refractivity contribution in [1.82, 2.24) is 0 Å². The van der Waals surface area contributed by atoms with Crippen LogP contribution < -0.4 is 10.6 Å². The number of amides is 2. The summed E-state index contributed by atoms with van der Waals surface area (Å²) in [5.74, 6) is -1.06. The number of fused-ring (bicyclic) bond motifs is 1. The van der Waals surface area contributed by atoms with Gasteiger partial charge in [0.05, 0.1) is 18.4 Å². The molecule has 6 heteroatoms. The smallest absolute Gasteiger partial charge is 0.339 e. The maximum Gasteiger partial charge on any atom is 0.339 e. The van der Waals surface area contributed by atoms with Gasteiger partial charge in [-0.05, 0) is 36.6 Å². The van der Waals surface area contributed by atoms with Crippen molar-refractivity contribution in [2.45, 2.75) is 19.3 Å². The SMILES string of the molecule is COC(=O)c1ccccc1NC(=O)CC[C@@H]1Cc2ccccc2NC1=O. The second-order valence-corrected chi connectivity index (χ2v) is 6.17. The molecule has 0 fully saturated rings. The zero-order chi connectivity index (χ0) is 18.5. The maximum atomic E-state index is 12.3. The van der Waals surface area contributed by atoms with Gasteiger partial charge in [0.2, 0.25) is 11.8 Å². The van der Waals surface area contributed by atoms with E-state index in [1.807, 2.05) is 24.3 Å². The van der Waals surface area contributed by atoms with Crippen LogP contribution in [0, 0.1) is 5.92 Å². The van der Waals surface area contributed by atoms with Gasteiger partial charge in [0.1, 0.15) is 0 Å². The highest BCUT2D eigenvalue weighted by Crippen LogP contribution is 2.27. The Kier molecular flexibility index (Phi) is 5.31. The van der Waals surface area contributed by atoms with Crippen LogP contribution in [0.4, 0.5) is 11.4 Å². The summed E-state index contributed by atoms with van der Waals surface area (Å²) in [6, 6.07) is 14.3. The second-order valence-electron chi connectivity index (χ2n) is 6.17. The molecule has 0 aromatic heterocycles. The van der Waals surface area contributed by atoms with Gasteiger partial charge >= 0.3 is 5.97 Å². The van der Waals surface area contributed by atoms with Gasteiger partial charge in [0.25, 0.3) is 0 Å². The molecule has 1 aliphatic heterocycles. The van der Waals surface area contributed by atoms with E-state index in [4.69, 9.17) is 4.74 Å². The summed E-state index contributed by atoms with van der Waals surface area (Å²) in [6.07, 6.45) is 1.25. The molecule has 1 aliphatic rings. The lowest BCUT2D eigenvalue weighted by Gasteiger charge is -2.24. The van der Waals surface area contributed by atoms with Gasteiger partial charge in [-0.2, -0.15) is 0 Å². The van der Waals surface area contributed by atoms with Crippen molar-refractivity contribution < 1.29 is 19.1 Å². The largest absolute Gasteiger partial charge is 0.465 e. The first-order valence-corrected chi connectivity index (χ1v) is 8.44. The Morgan fingerprint density at radius 3 is 2.69 bits per heavy atom. The van der Waals surface area contributed by atoms with E-state index in [1.165, 1.54) is 7.11 Å². The highest BCUT2D eigenvalue weighted by atomic mass is 16.5. The molecule has 1 atom stereocenters. The van der Waals surface area contributed by atoms with Gasteiger partial charge in [0.15, 0.2) is 0 Å². The third kappa shape index (κ3) is 3.91. The second kappa shape index (κ2) is 7.82. The van der Waals surface area contributed by atoms with Crippen LogP contribution in [-0.4, -0.2) is 24.9 Å². The van der Waals surface area contributed by atoms with Crippen LogP contribution in [0.2, 0.25) is 0 Å². The lowest BCUT2D eigenvalue weighted by molar-refractivity contribution is -0.121. The Balaban J connectivity index is 1.60. The Hall–Kier alpha value is -3.15. The number of hydrogen-bond donors (Lipinski definition) is 2. The van der Waals surface area contributed by atoms with Crippen LogP contribution in [0.1, 0.15) is 28.8 Å². The molecular weight excluding hydrogens is 332 g/mol. The van der Waals surface area contributed by atoms with Crippen molar-refractivity contribution in [1.29, 1.82) is 0 Å². The van der Waals surface area contributed by atoms with Crippen molar-refractivity contribution in [2.24, 2.45) is 5.92 Å². The molecule has 1 heterocycles. The number of ether oxygens (including phenoxy) is 1. The predicted molar refractivity (Wildman–Crippen MR) is 97.9 cm³/mol. The Morgan fingerprint density at radius 2 is 1.88 bits per heavy atom. The number of hydrogen-bond acceptors (Lipinski definition) is 4. The summed E-state index contributed by atoms with van der Waals surface area (Å²) in [7, 11) is 1.29. The molecule has 2 aromatic rings. The predicted octanol–water partition coefficient (Wildman–Crippen LogP) is 3.00. The third-order valence-corrected chi connectivity index (χ3v) is 4.44. The van der Waals surface area contributed by atoms with Gasteiger partial charge in [-0.1, -0.05) is 30.3 Å². The van der Waals surface area contributed by atoms with Gasteiger partial charge in [-0.25, -0.2) is 4.79 Å². The number of carbonyl (C=O) groups excluding carboxylic acids is 3. The average molecular weight is 352 g/mol. The number of para-hydroxylation sites is 2. The summed E-state index contributed by atoms with van der Waals surface area (Å²) in [5.41, 5.74) is 2.62. The first-order chi connectivity index (χ1) is 12.6. The zero-order valence-corrected chi connectivity index (χ0v) is 14.5. The number of carbonyl (C=O) groups is 3. The monoisotopic (exact) mass is 352 g/mol. The average Bonchev–Trinajstić information content (AvgIpc) is 2.66. The van der Waals surface area contributed by atoms with Gasteiger partial charge < -0.3 is 15.4 Å². The molecule has 0 unspecified atom stereocenters. The van der Waals surface area contributed by atoms with Crippen molar-refractivity contribution >= 4 is 29.2 Å². The van der Waals surface area contributed by atoms with Crippen LogP contribution in [0.5, 0.6) is 0 Å². The van der Waals surface area contributed by atoms with Crippen LogP contribution in [0.15, 0.2) is 48.5 Å². The quantitative estimate of drug-likeness (QED) is 0.810. The fourth-order valence-corrected chi connectivity index (χ4v) is 3.04. The fourth-order valence-electron chi connectivity index (χ4n) is 3.04. The zero-order valence-electron chi connectivity index (χ0n) is 14.5. The molecular formula is C20H20N2O4. The molecule has 134 valence electrons. The van der Waals surface area contributed by atoms with E-state index < -0.39 is 5.97 Å². The number of nitrogens with one attached hydrogen (secondary N) is 2. The van der Waals surface area contributed by atoms with E-state index in [0.717, 1.165) is 11.3 Å². The fraction of sp³-hybridized carbons (Fsp3) is 0.250. The van der Waals surface area contributed by atoms with Crippen molar-refractivity contribution in [3.63, 3.8) is 0 Å². The molecule has 2 amide bonds. The Labute approximate surface area is 151 Å². The van der Waals surface area contributed by atoms with E-state index in [2.05, 4.69) is 10.6 Å². The molecule has 6 nitrogen and oxygen atoms in total. The van der Waals surface area contributed by atoms with Crippen molar-refractivity contribution in [3.05, 3.63) is 59.7 Å². The van der Waals surface area contributed by atoms with E-state index in [0.29, 0.717) is 24.1 Å². The molecule has 2 N–H and O–H groups in total. The highest BCUT2D eigenvalue weighted by Gasteiger charge is 2.26. The standard InChI is InChI=1S/C20H20N2O4/c1-26-20(25)15-7-3-5-9-17(15)21-18(23)11-10-14-12-13-6-2-4-8-16(13)22-19(14)24/h2-9,14H,10-12H2,1H3,(H,21,23)(H,22,24)/t14-/m1/s1. The minimum atomic E-state index is -0.510. The maximum absolute atomic E-state index is 12.3. The summed E-state index contributed by atoms with van der Waals surface area (Å²) < 4.78 is 4.72. The summed E-state index contributed by atoms with van der Waals surface area (Å²) in [4.78, 5) is 36.2. The van der Waals surface area contributed by atoms with Crippen LogP contribution in [0.3, 0.4) is 0 Å². The number of methoxy groups -OCH3 is 1. The Bertz CT molecular complexity index is 847. The number of anilines is 2. The number of benzene rings is 2. The van der Waals surface area contributed by atoms with Gasteiger partial charge in [-0.15, -0.1) is 0 Å². The number of rotatable bonds is 5. The number of esters is 1. The molecule has 2 aromatic carbocycles. The molecule has 0 saturated carbocycles. The summed E-state index contributed by atoms with van der Waals surface area (Å²) in [5, 5.41) is 5.61. The first kappa shape index (κ1) is 17.7. The van der Waals surface area contributed by atoms with Gasteiger partial charge in [-0.3, -0.25) is 9.59 Å². The molecule has 0 radical (unpaired) electrons. The van der Waals surface area contributed by atoms with E-state index >= 15 is 0 Å². The topological polar surface area (TPSA) is 84.5 Å². The first-order valence-electron chi connectivity index (χ1n) is 8.44. The minimum Gasteiger partial charge on any atom is -0.465 e.